The number of rotatable bonds is 4. The van der Waals surface area contributed by atoms with Crippen LogP contribution in [0.3, 0.4) is 0 Å². The van der Waals surface area contributed by atoms with E-state index in [1.54, 1.807) is 0 Å². The van der Waals surface area contributed by atoms with E-state index in [1.807, 2.05) is 13.8 Å². The number of methoxy groups -OCH3 is 1. The smallest absolute Gasteiger partial charge is 0.328 e. The fourth-order valence-electron chi connectivity index (χ4n) is 2.32. The van der Waals surface area contributed by atoms with Gasteiger partial charge in [0.15, 0.2) is 0 Å². The number of carbonyl (C=O) groups is 3. The highest BCUT2D eigenvalue weighted by molar-refractivity contribution is 5.90. The maximum atomic E-state index is 12.5. The van der Waals surface area contributed by atoms with Gasteiger partial charge in [0.2, 0.25) is 11.8 Å². The van der Waals surface area contributed by atoms with Crippen LogP contribution in [0.2, 0.25) is 0 Å². The Morgan fingerprint density at radius 3 is 2.42 bits per heavy atom. The Kier molecular flexibility index (Phi) is 5.32. The fraction of sp³-hybridized carbons (Fsp3) is 0.769. The van der Waals surface area contributed by atoms with Crippen LogP contribution in [0.1, 0.15) is 33.6 Å². The third kappa shape index (κ3) is 3.68. The number of likely N-dealkylation sites (tertiary alicyclic amines) is 1. The summed E-state index contributed by atoms with van der Waals surface area (Å²) < 4.78 is 4.72. The Morgan fingerprint density at radius 2 is 1.95 bits per heavy atom. The molecule has 0 saturated carbocycles. The van der Waals surface area contributed by atoms with Crippen LogP contribution in [0.25, 0.3) is 0 Å². The predicted molar refractivity (Wildman–Crippen MR) is 69.2 cm³/mol. The third-order valence-corrected chi connectivity index (χ3v) is 3.30. The molecule has 1 heterocycles. The van der Waals surface area contributed by atoms with Gasteiger partial charge in [0, 0.05) is 13.5 Å². The Hall–Kier alpha value is -1.59. The first-order chi connectivity index (χ1) is 8.88. The molecule has 0 aromatic rings. The second-order valence-electron chi connectivity index (χ2n) is 5.14. The molecule has 0 aromatic carbocycles. The summed E-state index contributed by atoms with van der Waals surface area (Å²) in [5, 5.41) is 2.65. The maximum absolute atomic E-state index is 12.5. The van der Waals surface area contributed by atoms with Crippen molar-refractivity contribution in [3.63, 3.8) is 0 Å². The highest BCUT2D eigenvalue weighted by Gasteiger charge is 2.38. The van der Waals surface area contributed by atoms with E-state index < -0.39 is 18.1 Å². The lowest BCUT2D eigenvalue weighted by atomic mass is 10.0. The van der Waals surface area contributed by atoms with E-state index in [1.165, 1.54) is 18.9 Å². The van der Waals surface area contributed by atoms with Gasteiger partial charge in [-0.05, 0) is 18.8 Å². The van der Waals surface area contributed by atoms with E-state index in [4.69, 9.17) is 4.74 Å². The van der Waals surface area contributed by atoms with Crippen LogP contribution in [0.15, 0.2) is 0 Å². The van der Waals surface area contributed by atoms with Gasteiger partial charge in [0.25, 0.3) is 0 Å². The molecular formula is C13H22N2O4. The first-order valence-corrected chi connectivity index (χ1v) is 6.54. The Bertz CT molecular complexity index is 368. The zero-order valence-electron chi connectivity index (χ0n) is 11.9. The lowest BCUT2D eigenvalue weighted by Crippen LogP contribution is -2.53. The minimum Gasteiger partial charge on any atom is -0.467 e. The zero-order valence-corrected chi connectivity index (χ0v) is 11.9. The predicted octanol–water partition coefficient (Wildman–Crippen LogP) is 0.311. The van der Waals surface area contributed by atoms with Crippen molar-refractivity contribution in [2.45, 2.75) is 45.7 Å². The van der Waals surface area contributed by atoms with Crippen LogP contribution in [0, 0.1) is 5.92 Å². The van der Waals surface area contributed by atoms with Crippen LogP contribution in [-0.2, 0) is 19.1 Å². The van der Waals surface area contributed by atoms with Crippen molar-refractivity contribution < 1.29 is 19.1 Å². The van der Waals surface area contributed by atoms with Crippen molar-refractivity contribution in [1.82, 2.24) is 10.2 Å². The highest BCUT2D eigenvalue weighted by Crippen LogP contribution is 2.21. The molecule has 1 fully saturated rings. The van der Waals surface area contributed by atoms with E-state index in [0.717, 1.165) is 6.42 Å². The van der Waals surface area contributed by atoms with E-state index in [0.29, 0.717) is 13.0 Å². The molecule has 108 valence electrons. The molecule has 2 amide bonds. The number of carbonyl (C=O) groups excluding carboxylic acids is 3. The number of ether oxygens (including phenoxy) is 1. The van der Waals surface area contributed by atoms with Gasteiger partial charge in [-0.2, -0.15) is 0 Å². The summed E-state index contributed by atoms with van der Waals surface area (Å²) in [6.45, 7) is 5.63. The van der Waals surface area contributed by atoms with Gasteiger partial charge in [-0.25, -0.2) is 4.79 Å². The lowest BCUT2D eigenvalue weighted by molar-refractivity contribution is -0.152. The van der Waals surface area contributed by atoms with Crippen molar-refractivity contribution in [3.8, 4) is 0 Å². The average Bonchev–Trinajstić information content (AvgIpc) is 2.82. The fourth-order valence-corrected chi connectivity index (χ4v) is 2.32. The Balaban J connectivity index is 2.83. The number of amides is 2. The van der Waals surface area contributed by atoms with Crippen LogP contribution in [-0.4, -0.2) is 48.4 Å². The molecule has 2 unspecified atom stereocenters. The molecule has 1 aliphatic rings. The minimum absolute atomic E-state index is 0.0321. The van der Waals surface area contributed by atoms with E-state index in [9.17, 15) is 14.4 Å². The van der Waals surface area contributed by atoms with Crippen molar-refractivity contribution in [2.24, 2.45) is 5.92 Å². The molecule has 1 rings (SSSR count). The summed E-state index contributed by atoms with van der Waals surface area (Å²) in [4.78, 5) is 36.8. The molecule has 0 bridgehead atoms. The topological polar surface area (TPSA) is 75.7 Å². The largest absolute Gasteiger partial charge is 0.467 e. The molecule has 1 N–H and O–H groups in total. The normalized spacial score (nSPS) is 20.3. The Morgan fingerprint density at radius 1 is 1.32 bits per heavy atom. The summed E-state index contributed by atoms with van der Waals surface area (Å²) >= 11 is 0. The van der Waals surface area contributed by atoms with Crippen LogP contribution >= 0.6 is 0 Å². The number of esters is 1. The van der Waals surface area contributed by atoms with E-state index in [2.05, 4.69) is 5.32 Å². The molecule has 1 aliphatic heterocycles. The molecule has 6 heteroatoms. The SMILES string of the molecule is COC(=O)C1CCCN1C(=O)C(NC(C)=O)C(C)C. The van der Waals surface area contributed by atoms with Crippen molar-refractivity contribution in [1.29, 1.82) is 0 Å². The number of hydrogen-bond donors (Lipinski definition) is 1. The van der Waals surface area contributed by atoms with Crippen molar-refractivity contribution in [3.05, 3.63) is 0 Å². The molecule has 0 aliphatic carbocycles. The standard InChI is InChI=1S/C13H22N2O4/c1-8(2)11(14-9(3)16)12(17)15-7-5-6-10(15)13(18)19-4/h8,10-11H,5-7H2,1-4H3,(H,14,16). The number of nitrogens with one attached hydrogen (secondary N) is 1. The van der Waals surface area contributed by atoms with Gasteiger partial charge in [-0.3, -0.25) is 9.59 Å². The lowest BCUT2D eigenvalue weighted by Gasteiger charge is -2.29. The monoisotopic (exact) mass is 270 g/mol. The zero-order chi connectivity index (χ0) is 14.6. The summed E-state index contributed by atoms with van der Waals surface area (Å²) in [6, 6.07) is -1.12. The Labute approximate surface area is 113 Å². The van der Waals surface area contributed by atoms with E-state index >= 15 is 0 Å². The summed E-state index contributed by atoms with van der Waals surface area (Å²) in [7, 11) is 1.32. The maximum Gasteiger partial charge on any atom is 0.328 e. The van der Waals surface area contributed by atoms with Crippen LogP contribution in [0.4, 0.5) is 0 Å². The first-order valence-electron chi connectivity index (χ1n) is 6.54. The van der Waals surface area contributed by atoms with E-state index in [-0.39, 0.29) is 17.7 Å². The molecule has 19 heavy (non-hydrogen) atoms. The second kappa shape index (κ2) is 6.54. The molecule has 6 nitrogen and oxygen atoms in total. The van der Waals surface area contributed by atoms with Crippen molar-refractivity contribution >= 4 is 17.8 Å². The molecule has 0 aromatic heterocycles. The average molecular weight is 270 g/mol. The highest BCUT2D eigenvalue weighted by atomic mass is 16.5. The van der Waals surface area contributed by atoms with Gasteiger partial charge in [0.05, 0.1) is 7.11 Å². The van der Waals surface area contributed by atoms with Gasteiger partial charge < -0.3 is 15.0 Å². The minimum atomic E-state index is -0.595. The molecule has 0 radical (unpaired) electrons. The molecule has 1 saturated heterocycles. The van der Waals surface area contributed by atoms with Gasteiger partial charge >= 0.3 is 5.97 Å². The first kappa shape index (κ1) is 15.5. The van der Waals surface area contributed by atoms with Gasteiger partial charge in [0.1, 0.15) is 12.1 Å². The quantitative estimate of drug-likeness (QED) is 0.746. The van der Waals surface area contributed by atoms with Gasteiger partial charge in [-0.15, -0.1) is 0 Å². The van der Waals surface area contributed by atoms with Gasteiger partial charge in [-0.1, -0.05) is 13.8 Å². The number of nitrogens with zero attached hydrogens (tertiary/aromatic N) is 1. The summed E-state index contributed by atoms with van der Waals surface area (Å²) in [6.07, 6.45) is 1.39. The van der Waals surface area contributed by atoms with Crippen LogP contribution in [0.5, 0.6) is 0 Å². The second-order valence-corrected chi connectivity index (χ2v) is 5.14. The summed E-state index contributed by atoms with van der Waals surface area (Å²) in [5.74, 6) is -0.884. The number of hydrogen-bond acceptors (Lipinski definition) is 4. The third-order valence-electron chi connectivity index (χ3n) is 3.30. The molecule has 2 atom stereocenters. The molecule has 0 spiro atoms. The van der Waals surface area contributed by atoms with Crippen molar-refractivity contribution in [2.75, 3.05) is 13.7 Å². The van der Waals surface area contributed by atoms with Crippen LogP contribution < -0.4 is 5.32 Å². The molecular weight excluding hydrogens is 248 g/mol. The summed E-state index contributed by atoms with van der Waals surface area (Å²) in [5.41, 5.74) is 0.